The zero-order valence-electron chi connectivity index (χ0n) is 45.8. The van der Waals surface area contributed by atoms with Crippen LogP contribution in [0.3, 0.4) is 0 Å². The van der Waals surface area contributed by atoms with Crippen molar-refractivity contribution in [2.24, 2.45) is 0 Å². The van der Waals surface area contributed by atoms with Crippen LogP contribution < -0.4 is 0 Å². The summed E-state index contributed by atoms with van der Waals surface area (Å²) in [7, 11) is 0. The van der Waals surface area contributed by atoms with Crippen LogP contribution in [0.4, 0.5) is 0 Å². The van der Waals surface area contributed by atoms with E-state index in [1.165, 1.54) is 193 Å². The second-order valence-corrected chi connectivity index (χ2v) is 19.9. The van der Waals surface area contributed by atoms with Gasteiger partial charge in [-0.1, -0.05) is 261 Å². The number of esters is 3. The van der Waals surface area contributed by atoms with Gasteiger partial charge < -0.3 is 14.2 Å². The van der Waals surface area contributed by atoms with E-state index in [4.69, 9.17) is 14.2 Å². The fourth-order valence-corrected chi connectivity index (χ4v) is 8.49. The Labute approximate surface area is 428 Å². The summed E-state index contributed by atoms with van der Waals surface area (Å²) in [6, 6.07) is 0. The molecule has 0 saturated heterocycles. The quantitative estimate of drug-likeness (QED) is 0.0262. The van der Waals surface area contributed by atoms with E-state index in [0.29, 0.717) is 25.7 Å². The highest BCUT2D eigenvalue weighted by Crippen LogP contribution is 2.16. The van der Waals surface area contributed by atoms with Gasteiger partial charge in [0.15, 0.2) is 6.10 Å². The van der Waals surface area contributed by atoms with Crippen LogP contribution in [0.5, 0.6) is 0 Å². The van der Waals surface area contributed by atoms with Crippen molar-refractivity contribution in [1.29, 1.82) is 0 Å². The molecule has 6 heteroatoms. The minimum atomic E-state index is -0.794. The maximum atomic E-state index is 12.9. The van der Waals surface area contributed by atoms with Crippen molar-refractivity contribution < 1.29 is 28.6 Å². The molecule has 0 rings (SSSR count). The molecule has 69 heavy (non-hydrogen) atoms. The molecule has 0 fully saturated rings. The molecule has 0 aromatic rings. The zero-order chi connectivity index (χ0) is 50.0. The van der Waals surface area contributed by atoms with Gasteiger partial charge >= 0.3 is 17.9 Å². The fourth-order valence-electron chi connectivity index (χ4n) is 8.49. The smallest absolute Gasteiger partial charge is 0.306 e. The van der Waals surface area contributed by atoms with E-state index in [1.54, 1.807) is 0 Å². The van der Waals surface area contributed by atoms with Crippen LogP contribution in [0.25, 0.3) is 0 Å². The number of rotatable bonds is 54. The lowest BCUT2D eigenvalue weighted by atomic mass is 10.0. The summed E-state index contributed by atoms with van der Waals surface area (Å²) >= 11 is 0. The van der Waals surface area contributed by atoms with Crippen molar-refractivity contribution in [3.05, 3.63) is 60.8 Å². The van der Waals surface area contributed by atoms with E-state index in [-0.39, 0.29) is 31.1 Å². The average Bonchev–Trinajstić information content (AvgIpc) is 3.35. The molecular weight excluding hydrogens is 853 g/mol. The third-order valence-corrected chi connectivity index (χ3v) is 13.0. The molecule has 0 amide bonds. The summed E-state index contributed by atoms with van der Waals surface area (Å²) < 4.78 is 16.8. The predicted octanol–water partition coefficient (Wildman–Crippen LogP) is 20.0. The minimum Gasteiger partial charge on any atom is -0.462 e. The van der Waals surface area contributed by atoms with E-state index in [0.717, 1.165) is 64.2 Å². The van der Waals surface area contributed by atoms with E-state index in [1.807, 2.05) is 0 Å². The number of hydrogen-bond acceptors (Lipinski definition) is 6. The summed E-state index contributed by atoms with van der Waals surface area (Å²) in [6.07, 6.45) is 72.1. The first kappa shape index (κ1) is 66.1. The van der Waals surface area contributed by atoms with E-state index in [2.05, 4.69) is 81.5 Å². The van der Waals surface area contributed by atoms with Gasteiger partial charge in [-0.2, -0.15) is 0 Å². The molecule has 0 aromatic heterocycles. The molecule has 0 saturated carbocycles. The van der Waals surface area contributed by atoms with Crippen molar-refractivity contribution in [1.82, 2.24) is 0 Å². The van der Waals surface area contributed by atoms with Crippen molar-refractivity contribution in [2.75, 3.05) is 13.2 Å². The summed E-state index contributed by atoms with van der Waals surface area (Å²) in [5.74, 6) is -0.933. The third-order valence-electron chi connectivity index (χ3n) is 13.0. The van der Waals surface area contributed by atoms with Gasteiger partial charge in [-0.25, -0.2) is 0 Å². The lowest BCUT2D eigenvalue weighted by Gasteiger charge is -2.18. The Balaban J connectivity index is 4.42. The molecule has 0 unspecified atom stereocenters. The summed E-state index contributed by atoms with van der Waals surface area (Å²) in [4.78, 5) is 38.2. The van der Waals surface area contributed by atoms with E-state index >= 15 is 0 Å². The standard InChI is InChI=1S/C63H112O6/c1-4-7-10-13-16-19-22-25-28-30-31-33-36-38-41-44-47-50-53-56-62(65)68-59-60(69-63(66)57-54-51-48-45-42-39-34-27-24-21-18-15-12-9-6-3)58-67-61(64)55-52-49-46-43-40-37-35-32-29-26-23-20-17-14-11-8-5-2/h16,19,25-26,28-29,35,37,43,46,60H,4-15,17-18,20-24,27,30-34,36,38-42,44-45,47-59H2,1-3H3/b19-16-,28-25-,29-26-,37-35-,46-43-/t60-/m0/s1. The zero-order valence-corrected chi connectivity index (χ0v) is 45.8. The number of unbranched alkanes of at least 4 members (excludes halogenated alkanes) is 33. The highest BCUT2D eigenvalue weighted by Gasteiger charge is 2.19. The van der Waals surface area contributed by atoms with Crippen LogP contribution in [0, 0.1) is 0 Å². The maximum absolute atomic E-state index is 12.9. The monoisotopic (exact) mass is 965 g/mol. The molecule has 0 radical (unpaired) electrons. The van der Waals surface area contributed by atoms with Gasteiger partial charge in [0, 0.05) is 19.3 Å². The van der Waals surface area contributed by atoms with Gasteiger partial charge in [0.05, 0.1) is 0 Å². The SMILES string of the molecule is CCCCC/C=C\C/C=C\CCCCCCCCCCCC(=O)OC[C@H](COC(=O)CCC/C=C\C/C=C\C/C=C\CCCCCCCC)OC(=O)CCCCCCCCCCCCCCCCC. The van der Waals surface area contributed by atoms with Crippen molar-refractivity contribution >= 4 is 17.9 Å². The third kappa shape index (κ3) is 55.9. The second-order valence-electron chi connectivity index (χ2n) is 19.9. The second kappa shape index (κ2) is 57.7. The molecule has 0 N–H and O–H groups in total. The van der Waals surface area contributed by atoms with Crippen LogP contribution in [0.2, 0.25) is 0 Å². The normalized spacial score (nSPS) is 12.4. The number of ether oxygens (including phenoxy) is 3. The van der Waals surface area contributed by atoms with E-state index < -0.39 is 6.10 Å². The van der Waals surface area contributed by atoms with Gasteiger partial charge in [-0.05, 0) is 83.5 Å². The maximum Gasteiger partial charge on any atom is 0.306 e. The summed E-state index contributed by atoms with van der Waals surface area (Å²) in [5, 5.41) is 0. The first-order chi connectivity index (χ1) is 34.0. The number of allylic oxidation sites excluding steroid dienone is 10. The van der Waals surface area contributed by atoms with Crippen molar-refractivity contribution in [3.63, 3.8) is 0 Å². The molecule has 0 spiro atoms. The van der Waals surface area contributed by atoms with E-state index in [9.17, 15) is 14.4 Å². The Morgan fingerprint density at radius 3 is 0.899 bits per heavy atom. The Hall–Kier alpha value is -2.89. The average molecular weight is 966 g/mol. The summed E-state index contributed by atoms with van der Waals surface area (Å²) in [5.41, 5.74) is 0. The molecule has 0 aliphatic rings. The fraction of sp³-hybridized carbons (Fsp3) is 0.794. The molecule has 0 aromatic carbocycles. The largest absolute Gasteiger partial charge is 0.462 e. The molecule has 400 valence electrons. The van der Waals surface area contributed by atoms with Gasteiger partial charge in [-0.15, -0.1) is 0 Å². The first-order valence-electron chi connectivity index (χ1n) is 29.8. The number of carbonyl (C=O) groups excluding carboxylic acids is 3. The lowest BCUT2D eigenvalue weighted by molar-refractivity contribution is -0.167. The van der Waals surface area contributed by atoms with Crippen LogP contribution in [0.15, 0.2) is 60.8 Å². The molecule has 1 atom stereocenters. The highest BCUT2D eigenvalue weighted by molar-refractivity contribution is 5.71. The van der Waals surface area contributed by atoms with Gasteiger partial charge in [0.1, 0.15) is 13.2 Å². The predicted molar refractivity (Wildman–Crippen MR) is 298 cm³/mol. The van der Waals surface area contributed by atoms with Crippen LogP contribution in [-0.2, 0) is 28.6 Å². The summed E-state index contributed by atoms with van der Waals surface area (Å²) in [6.45, 7) is 6.60. The van der Waals surface area contributed by atoms with Crippen LogP contribution in [-0.4, -0.2) is 37.2 Å². The first-order valence-corrected chi connectivity index (χ1v) is 29.8. The van der Waals surface area contributed by atoms with Crippen molar-refractivity contribution in [2.45, 2.75) is 309 Å². The molecule has 0 bridgehead atoms. The van der Waals surface area contributed by atoms with Gasteiger partial charge in [-0.3, -0.25) is 14.4 Å². The number of carbonyl (C=O) groups is 3. The molecule has 0 aliphatic carbocycles. The molecule has 0 heterocycles. The van der Waals surface area contributed by atoms with Gasteiger partial charge in [0.25, 0.3) is 0 Å². The number of hydrogen-bond donors (Lipinski definition) is 0. The Morgan fingerprint density at radius 2 is 0.536 bits per heavy atom. The van der Waals surface area contributed by atoms with Crippen LogP contribution >= 0.6 is 0 Å². The Bertz CT molecular complexity index is 1250. The Morgan fingerprint density at radius 1 is 0.290 bits per heavy atom. The molecule has 6 nitrogen and oxygen atoms in total. The molecule has 0 aliphatic heterocycles. The lowest BCUT2D eigenvalue weighted by Crippen LogP contribution is -2.30. The highest BCUT2D eigenvalue weighted by atomic mass is 16.6. The molecular formula is C63H112O6. The topological polar surface area (TPSA) is 78.9 Å². The van der Waals surface area contributed by atoms with Crippen molar-refractivity contribution in [3.8, 4) is 0 Å². The minimum absolute atomic E-state index is 0.0894. The Kier molecular flexibility index (Phi) is 55.3. The van der Waals surface area contributed by atoms with Crippen LogP contribution in [0.1, 0.15) is 303 Å². The van der Waals surface area contributed by atoms with Gasteiger partial charge in [0.2, 0.25) is 0 Å².